The van der Waals surface area contributed by atoms with E-state index in [9.17, 15) is 4.79 Å². The Labute approximate surface area is 125 Å². The predicted octanol–water partition coefficient (Wildman–Crippen LogP) is 1.59. The highest BCUT2D eigenvalue weighted by atomic mass is 32.1. The molecule has 3 heterocycles. The third-order valence-electron chi connectivity index (χ3n) is 3.20. The van der Waals surface area contributed by atoms with Crippen LogP contribution in [0.15, 0.2) is 23.0 Å². The number of thiophene rings is 1. The van der Waals surface area contributed by atoms with E-state index in [0.717, 1.165) is 18.7 Å². The molecule has 21 heavy (non-hydrogen) atoms. The van der Waals surface area contributed by atoms with E-state index in [-0.39, 0.29) is 0 Å². The van der Waals surface area contributed by atoms with Crippen LogP contribution in [0, 0.1) is 5.92 Å². The van der Waals surface area contributed by atoms with Gasteiger partial charge in [0.15, 0.2) is 0 Å². The van der Waals surface area contributed by atoms with Crippen LogP contribution in [0.2, 0.25) is 0 Å². The van der Waals surface area contributed by atoms with Crippen molar-refractivity contribution < 1.29 is 14.3 Å². The van der Waals surface area contributed by atoms with E-state index in [4.69, 9.17) is 9.47 Å². The third-order valence-corrected chi connectivity index (χ3v) is 3.87. The summed E-state index contributed by atoms with van der Waals surface area (Å²) in [6.07, 6.45) is 2.29. The molecule has 0 bridgehead atoms. The molecule has 8 heteroatoms. The van der Waals surface area contributed by atoms with E-state index < -0.39 is 6.09 Å². The zero-order valence-corrected chi connectivity index (χ0v) is 12.2. The number of nitrogens with zero attached hydrogens (tertiary/aromatic N) is 3. The zero-order valence-electron chi connectivity index (χ0n) is 11.4. The van der Waals surface area contributed by atoms with Crippen molar-refractivity contribution in [3.8, 4) is 5.69 Å². The molecular weight excluding hydrogens is 292 g/mol. The highest BCUT2D eigenvalue weighted by Gasteiger charge is 2.17. The van der Waals surface area contributed by atoms with Gasteiger partial charge in [0.05, 0.1) is 31.6 Å². The van der Waals surface area contributed by atoms with Crippen LogP contribution in [-0.2, 0) is 16.0 Å². The summed E-state index contributed by atoms with van der Waals surface area (Å²) < 4.78 is 12.0. The smallest absolute Gasteiger partial charge is 0.407 e. The van der Waals surface area contributed by atoms with Crippen LogP contribution in [0.3, 0.4) is 0 Å². The molecule has 0 aliphatic carbocycles. The largest absolute Gasteiger partial charge is 0.449 e. The van der Waals surface area contributed by atoms with Crippen LogP contribution in [0.25, 0.3) is 5.69 Å². The number of hydrogen-bond acceptors (Lipinski definition) is 6. The van der Waals surface area contributed by atoms with Gasteiger partial charge in [-0.05, 0) is 17.9 Å². The highest BCUT2D eigenvalue weighted by Crippen LogP contribution is 2.12. The number of rotatable bonds is 5. The number of hydrogen-bond donors (Lipinski definition) is 1. The minimum atomic E-state index is -0.438. The van der Waals surface area contributed by atoms with Gasteiger partial charge in [0.1, 0.15) is 5.69 Å². The number of carbonyl (C=O) groups excluding carboxylic acids is 1. The van der Waals surface area contributed by atoms with Gasteiger partial charge >= 0.3 is 6.09 Å². The highest BCUT2D eigenvalue weighted by molar-refractivity contribution is 7.08. The summed E-state index contributed by atoms with van der Waals surface area (Å²) in [5.41, 5.74) is 1.64. The first-order chi connectivity index (χ1) is 10.3. The summed E-state index contributed by atoms with van der Waals surface area (Å²) in [5, 5.41) is 14.6. The maximum Gasteiger partial charge on any atom is 0.407 e. The lowest BCUT2D eigenvalue weighted by atomic mass is 10.1. The Balaban J connectivity index is 1.43. The molecule has 2 aromatic rings. The number of amides is 1. The van der Waals surface area contributed by atoms with Crippen LogP contribution in [0.4, 0.5) is 4.79 Å². The second kappa shape index (κ2) is 6.68. The Morgan fingerprint density at radius 1 is 1.62 bits per heavy atom. The minimum absolute atomic E-state index is 0.296. The van der Waals surface area contributed by atoms with Crippen molar-refractivity contribution in [2.24, 2.45) is 5.92 Å². The molecule has 1 atom stereocenters. The Morgan fingerprint density at radius 3 is 3.33 bits per heavy atom. The molecule has 1 N–H and O–H groups in total. The molecule has 112 valence electrons. The summed E-state index contributed by atoms with van der Waals surface area (Å²) in [5.74, 6) is 0.315. The first-order valence-electron chi connectivity index (χ1n) is 6.73. The van der Waals surface area contributed by atoms with Gasteiger partial charge in [-0.15, -0.1) is 5.10 Å². The van der Waals surface area contributed by atoms with E-state index in [1.54, 1.807) is 22.2 Å². The van der Waals surface area contributed by atoms with Crippen molar-refractivity contribution >= 4 is 17.4 Å². The van der Waals surface area contributed by atoms with Crippen LogP contribution >= 0.6 is 11.3 Å². The first-order valence-corrected chi connectivity index (χ1v) is 7.68. The van der Waals surface area contributed by atoms with Crippen molar-refractivity contribution in [2.75, 3.05) is 19.8 Å². The van der Waals surface area contributed by atoms with Gasteiger partial charge < -0.3 is 14.8 Å². The quantitative estimate of drug-likeness (QED) is 0.907. The van der Waals surface area contributed by atoms with Gasteiger partial charge in [-0.3, -0.25) is 0 Å². The molecular formula is C13H16N4O3S. The van der Waals surface area contributed by atoms with Crippen LogP contribution in [-0.4, -0.2) is 40.9 Å². The van der Waals surface area contributed by atoms with Gasteiger partial charge in [-0.2, -0.15) is 11.3 Å². The van der Waals surface area contributed by atoms with Gasteiger partial charge in [0.2, 0.25) is 0 Å². The molecule has 2 aromatic heterocycles. The molecule has 0 saturated carbocycles. The molecule has 1 amide bonds. The lowest BCUT2D eigenvalue weighted by molar-refractivity contribution is 0.116. The van der Waals surface area contributed by atoms with Crippen molar-refractivity contribution in [1.29, 1.82) is 0 Å². The number of nitrogens with one attached hydrogen (secondary N) is 1. The summed E-state index contributed by atoms with van der Waals surface area (Å²) in [4.78, 5) is 11.6. The average Bonchev–Trinajstić information content (AvgIpc) is 3.24. The lowest BCUT2D eigenvalue weighted by Crippen LogP contribution is -2.26. The van der Waals surface area contributed by atoms with Crippen LogP contribution < -0.4 is 5.32 Å². The monoisotopic (exact) mass is 308 g/mol. The van der Waals surface area contributed by atoms with Crippen molar-refractivity contribution in [3.05, 3.63) is 28.7 Å². The van der Waals surface area contributed by atoms with E-state index in [0.29, 0.717) is 31.4 Å². The Kier molecular flexibility index (Phi) is 4.46. The average molecular weight is 308 g/mol. The second-order valence-corrected chi connectivity index (χ2v) is 5.60. The Bertz CT molecular complexity index is 578. The molecule has 3 rings (SSSR count). The molecule has 1 aliphatic rings. The molecule has 1 fully saturated rings. The maximum atomic E-state index is 11.6. The van der Waals surface area contributed by atoms with E-state index in [1.807, 2.05) is 16.8 Å². The molecule has 0 aromatic carbocycles. The third kappa shape index (κ3) is 3.79. The molecule has 7 nitrogen and oxygen atoms in total. The number of aromatic nitrogens is 3. The van der Waals surface area contributed by atoms with Gasteiger partial charge in [0.25, 0.3) is 0 Å². The zero-order chi connectivity index (χ0) is 14.5. The lowest BCUT2D eigenvalue weighted by Gasteiger charge is -2.09. The van der Waals surface area contributed by atoms with Gasteiger partial charge in [0, 0.05) is 17.9 Å². The molecule has 1 saturated heterocycles. The van der Waals surface area contributed by atoms with E-state index in [1.165, 1.54) is 0 Å². The number of carbonyl (C=O) groups is 1. The molecule has 0 radical (unpaired) electrons. The maximum absolute atomic E-state index is 11.6. The summed E-state index contributed by atoms with van der Waals surface area (Å²) in [7, 11) is 0. The van der Waals surface area contributed by atoms with Crippen molar-refractivity contribution in [3.63, 3.8) is 0 Å². The fourth-order valence-corrected chi connectivity index (χ4v) is 2.64. The van der Waals surface area contributed by atoms with E-state index >= 15 is 0 Å². The summed E-state index contributed by atoms with van der Waals surface area (Å²) >= 11 is 1.59. The number of alkyl carbamates (subject to hydrolysis) is 1. The van der Waals surface area contributed by atoms with Crippen LogP contribution in [0.1, 0.15) is 12.1 Å². The van der Waals surface area contributed by atoms with Gasteiger partial charge in [-0.25, -0.2) is 9.48 Å². The normalized spacial score (nSPS) is 17.8. The molecule has 0 spiro atoms. The Hall–Kier alpha value is -1.93. The van der Waals surface area contributed by atoms with Gasteiger partial charge in [-0.1, -0.05) is 5.21 Å². The topological polar surface area (TPSA) is 78.3 Å². The van der Waals surface area contributed by atoms with E-state index in [2.05, 4.69) is 15.6 Å². The fourth-order valence-electron chi connectivity index (χ4n) is 2.02. The molecule has 1 aliphatic heterocycles. The van der Waals surface area contributed by atoms with Crippen molar-refractivity contribution in [1.82, 2.24) is 20.3 Å². The van der Waals surface area contributed by atoms with Crippen molar-refractivity contribution in [2.45, 2.75) is 13.0 Å². The summed E-state index contributed by atoms with van der Waals surface area (Å²) in [6.45, 7) is 2.11. The second-order valence-electron chi connectivity index (χ2n) is 4.82. The Morgan fingerprint density at radius 2 is 2.57 bits per heavy atom. The fraction of sp³-hybridized carbons (Fsp3) is 0.462. The number of ether oxygens (including phenoxy) is 2. The minimum Gasteiger partial charge on any atom is -0.449 e. The summed E-state index contributed by atoms with van der Waals surface area (Å²) in [6, 6.07) is 1.95. The SMILES string of the molecule is O=C(NCc1cn(-c2ccsc2)nn1)OCC1CCOC1. The standard InChI is InChI=1S/C13H16N4O3S/c18-13(20-8-10-1-3-19-7-10)14-5-11-6-17(16-15-11)12-2-4-21-9-12/h2,4,6,9-10H,1,3,5,7-8H2,(H,14,18). The predicted molar refractivity (Wildman–Crippen MR) is 76.3 cm³/mol. The first kappa shape index (κ1) is 14.0. The van der Waals surface area contributed by atoms with Crippen LogP contribution in [0.5, 0.6) is 0 Å². The molecule has 1 unspecified atom stereocenters.